The lowest BCUT2D eigenvalue weighted by Gasteiger charge is -2.39. The fourth-order valence-corrected chi connectivity index (χ4v) is 6.35. The molecule has 0 bridgehead atoms. The molecule has 0 heterocycles. The Bertz CT molecular complexity index is 1430. The van der Waals surface area contributed by atoms with Gasteiger partial charge in [-0.2, -0.15) is 0 Å². The van der Waals surface area contributed by atoms with Crippen molar-refractivity contribution in [3.8, 4) is 0 Å². The van der Waals surface area contributed by atoms with Crippen molar-refractivity contribution in [3.05, 3.63) is 153 Å². The number of allylic oxidation sites excluding steroid dienone is 3. The maximum absolute atomic E-state index is 13.3. The Morgan fingerprint density at radius 2 is 1.06 bits per heavy atom. The first-order valence-electron chi connectivity index (χ1n) is 10.7. The highest BCUT2D eigenvalue weighted by molar-refractivity contribution is 9.12. The molecular weight excluding hydrogens is 456 g/mol. The number of hydrogen-bond donors (Lipinski definition) is 0. The van der Waals surface area contributed by atoms with Crippen molar-refractivity contribution in [1.82, 2.24) is 0 Å². The normalized spacial score (nSPS) is 19.0. The van der Waals surface area contributed by atoms with Gasteiger partial charge in [-0.15, -0.1) is 0 Å². The summed E-state index contributed by atoms with van der Waals surface area (Å²) in [6.45, 7) is 0. The average molecular weight is 475 g/mol. The molecular formula is C30H19BrO. The van der Waals surface area contributed by atoms with Gasteiger partial charge < -0.3 is 0 Å². The van der Waals surface area contributed by atoms with Gasteiger partial charge in [-0.1, -0.05) is 125 Å². The minimum absolute atomic E-state index is 0.0519. The lowest BCUT2D eigenvalue weighted by molar-refractivity contribution is 0.104. The standard InChI is InChI=1S/C30H19BrO/c31-29-28(21-13-5-2-6-14-21)23-16-8-10-18-25(23)30(29)24-17-9-7-15-22(24)27(32)19-26(30)20-11-3-1-4-12-20/h1-19H. The summed E-state index contributed by atoms with van der Waals surface area (Å²) in [6, 6.07) is 37.4. The number of rotatable bonds is 2. The summed E-state index contributed by atoms with van der Waals surface area (Å²) in [6.07, 6.45) is 1.84. The molecule has 0 aliphatic heterocycles. The van der Waals surface area contributed by atoms with Crippen LogP contribution < -0.4 is 0 Å². The molecule has 4 aromatic carbocycles. The van der Waals surface area contributed by atoms with E-state index in [1.165, 1.54) is 16.7 Å². The molecule has 0 N–H and O–H groups in total. The number of carbonyl (C=O) groups is 1. The predicted octanol–water partition coefficient (Wildman–Crippen LogP) is 7.42. The summed E-state index contributed by atoms with van der Waals surface area (Å²) >= 11 is 4.10. The molecule has 0 aromatic heterocycles. The van der Waals surface area contributed by atoms with Crippen LogP contribution in [0.4, 0.5) is 0 Å². The van der Waals surface area contributed by atoms with E-state index >= 15 is 0 Å². The number of fused-ring (bicyclic) bond motifs is 4. The molecule has 1 unspecified atom stereocenters. The van der Waals surface area contributed by atoms with Crippen LogP contribution >= 0.6 is 15.9 Å². The quantitative estimate of drug-likeness (QED) is 0.295. The minimum atomic E-state index is -0.590. The fraction of sp³-hybridized carbons (Fsp3) is 0.0333. The van der Waals surface area contributed by atoms with Crippen molar-refractivity contribution in [2.75, 3.05) is 0 Å². The van der Waals surface area contributed by atoms with E-state index in [9.17, 15) is 4.79 Å². The van der Waals surface area contributed by atoms with Crippen molar-refractivity contribution in [3.63, 3.8) is 0 Å². The molecule has 0 amide bonds. The van der Waals surface area contributed by atoms with E-state index < -0.39 is 5.41 Å². The van der Waals surface area contributed by atoms with Crippen LogP contribution in [0.1, 0.15) is 38.2 Å². The SMILES string of the molecule is O=C1C=C(c2ccccc2)C2(C(Br)=C(c3ccccc3)c3ccccc32)c2ccccc21. The van der Waals surface area contributed by atoms with Gasteiger partial charge in [-0.3, -0.25) is 4.79 Å². The predicted molar refractivity (Wildman–Crippen MR) is 134 cm³/mol. The highest BCUT2D eigenvalue weighted by atomic mass is 79.9. The Kier molecular flexibility index (Phi) is 4.38. The summed E-state index contributed by atoms with van der Waals surface area (Å²) in [5.41, 5.74) is 7.97. The molecule has 0 radical (unpaired) electrons. The first-order chi connectivity index (χ1) is 15.7. The van der Waals surface area contributed by atoms with E-state index in [1.807, 2.05) is 48.5 Å². The van der Waals surface area contributed by atoms with E-state index in [2.05, 4.69) is 82.7 Å². The third-order valence-corrected chi connectivity index (χ3v) is 7.56. The fourth-order valence-electron chi connectivity index (χ4n) is 5.27. The first kappa shape index (κ1) is 19.2. The van der Waals surface area contributed by atoms with E-state index in [4.69, 9.17) is 0 Å². The van der Waals surface area contributed by atoms with Crippen LogP contribution in [0.15, 0.2) is 120 Å². The van der Waals surface area contributed by atoms with Gasteiger partial charge in [0.2, 0.25) is 0 Å². The number of benzene rings is 4. The maximum atomic E-state index is 13.3. The Morgan fingerprint density at radius 1 is 0.562 bits per heavy atom. The Hall–Kier alpha value is -3.49. The van der Waals surface area contributed by atoms with Crippen molar-refractivity contribution < 1.29 is 4.79 Å². The van der Waals surface area contributed by atoms with Gasteiger partial charge in [-0.25, -0.2) is 0 Å². The highest BCUT2D eigenvalue weighted by Gasteiger charge is 2.52. The lowest BCUT2D eigenvalue weighted by atomic mass is 9.64. The number of carbonyl (C=O) groups excluding carboxylic acids is 1. The monoisotopic (exact) mass is 474 g/mol. The van der Waals surface area contributed by atoms with Crippen LogP contribution in [0.3, 0.4) is 0 Å². The van der Waals surface area contributed by atoms with Crippen molar-refractivity contribution >= 4 is 32.9 Å². The van der Waals surface area contributed by atoms with Crippen molar-refractivity contribution in [2.45, 2.75) is 5.41 Å². The van der Waals surface area contributed by atoms with Gasteiger partial charge in [0, 0.05) is 15.6 Å². The molecule has 2 heteroatoms. The van der Waals surface area contributed by atoms with Crippen molar-refractivity contribution in [2.24, 2.45) is 0 Å². The number of halogens is 1. The van der Waals surface area contributed by atoms with Crippen LogP contribution in [0.5, 0.6) is 0 Å². The van der Waals surface area contributed by atoms with E-state index in [1.54, 1.807) is 0 Å². The molecule has 0 saturated heterocycles. The van der Waals surface area contributed by atoms with Crippen LogP contribution in [-0.4, -0.2) is 5.78 Å². The van der Waals surface area contributed by atoms with E-state index in [-0.39, 0.29) is 5.78 Å². The van der Waals surface area contributed by atoms with Gasteiger partial charge in [0.1, 0.15) is 0 Å². The maximum Gasteiger partial charge on any atom is 0.186 e. The van der Waals surface area contributed by atoms with Crippen LogP contribution in [-0.2, 0) is 5.41 Å². The van der Waals surface area contributed by atoms with Gasteiger partial charge >= 0.3 is 0 Å². The summed E-state index contributed by atoms with van der Waals surface area (Å²) in [5.74, 6) is 0.0519. The molecule has 152 valence electrons. The van der Waals surface area contributed by atoms with Crippen LogP contribution in [0, 0.1) is 0 Å². The molecule has 2 aliphatic rings. The van der Waals surface area contributed by atoms with Crippen LogP contribution in [0.2, 0.25) is 0 Å². The summed E-state index contributed by atoms with van der Waals surface area (Å²) in [4.78, 5) is 13.3. The van der Waals surface area contributed by atoms with Gasteiger partial charge in [-0.05, 0) is 39.5 Å². The molecule has 1 atom stereocenters. The van der Waals surface area contributed by atoms with Gasteiger partial charge in [0.05, 0.1) is 5.41 Å². The molecule has 1 nitrogen and oxygen atoms in total. The third-order valence-electron chi connectivity index (χ3n) is 6.57. The highest BCUT2D eigenvalue weighted by Crippen LogP contribution is 2.62. The molecule has 0 fully saturated rings. The Morgan fingerprint density at radius 3 is 1.72 bits per heavy atom. The van der Waals surface area contributed by atoms with E-state index in [0.29, 0.717) is 0 Å². The zero-order valence-corrected chi connectivity index (χ0v) is 18.8. The largest absolute Gasteiger partial charge is 0.289 e. The minimum Gasteiger partial charge on any atom is -0.289 e. The van der Waals surface area contributed by atoms with Crippen LogP contribution in [0.25, 0.3) is 11.1 Å². The lowest BCUT2D eigenvalue weighted by Crippen LogP contribution is -2.33. The number of ketones is 1. The summed E-state index contributed by atoms with van der Waals surface area (Å²) < 4.78 is 1.08. The van der Waals surface area contributed by atoms with Gasteiger partial charge in [0.15, 0.2) is 5.78 Å². The molecule has 0 saturated carbocycles. The Balaban J connectivity index is 1.79. The zero-order valence-electron chi connectivity index (χ0n) is 17.3. The third kappa shape index (κ3) is 2.53. The topological polar surface area (TPSA) is 17.1 Å². The smallest absolute Gasteiger partial charge is 0.186 e. The summed E-state index contributed by atoms with van der Waals surface area (Å²) in [5, 5.41) is 0. The second-order valence-corrected chi connectivity index (χ2v) is 8.98. The van der Waals surface area contributed by atoms with Gasteiger partial charge in [0.25, 0.3) is 0 Å². The average Bonchev–Trinajstić information content (AvgIpc) is 3.11. The molecule has 1 spiro atoms. The first-order valence-corrected chi connectivity index (χ1v) is 11.5. The van der Waals surface area contributed by atoms with E-state index in [0.717, 1.165) is 32.3 Å². The Labute approximate surface area is 195 Å². The zero-order chi connectivity index (χ0) is 21.7. The summed E-state index contributed by atoms with van der Waals surface area (Å²) in [7, 11) is 0. The molecule has 2 aliphatic carbocycles. The van der Waals surface area contributed by atoms with Crippen molar-refractivity contribution in [1.29, 1.82) is 0 Å². The molecule has 4 aromatic rings. The molecule has 6 rings (SSSR count). The second-order valence-electron chi connectivity index (χ2n) is 8.18. The molecule has 32 heavy (non-hydrogen) atoms. The number of hydrogen-bond acceptors (Lipinski definition) is 1. The second kappa shape index (κ2) is 7.29.